The van der Waals surface area contributed by atoms with E-state index in [0.717, 1.165) is 24.5 Å². The average Bonchev–Trinajstić information content (AvgIpc) is 2.87. The van der Waals surface area contributed by atoms with Crippen molar-refractivity contribution in [1.82, 2.24) is 19.4 Å². The quantitative estimate of drug-likeness (QED) is 0.863. The number of nitrogens with zero attached hydrogens (tertiary/aromatic N) is 4. The predicted octanol–water partition coefficient (Wildman–Crippen LogP) is 2.03. The Morgan fingerprint density at radius 3 is 2.86 bits per heavy atom. The number of hydrogen-bond donors (Lipinski definition) is 0. The Bertz CT molecular complexity index is 614. The third kappa shape index (κ3) is 2.82. The van der Waals surface area contributed by atoms with Crippen molar-refractivity contribution >= 4 is 5.91 Å². The van der Waals surface area contributed by atoms with Crippen molar-refractivity contribution in [3.63, 3.8) is 0 Å². The largest absolute Gasteiger partial charge is 0.338 e. The van der Waals surface area contributed by atoms with Crippen LogP contribution in [0.15, 0.2) is 36.9 Å². The summed E-state index contributed by atoms with van der Waals surface area (Å²) in [5.74, 6) is 1.67. The maximum atomic E-state index is 12.2. The fourth-order valence-electron chi connectivity index (χ4n) is 2.70. The standard InChI is InChI=1S/C16H20N4O/c1-12(2)16-18-6-7-20(16)14-10-19(11-14)15(21)8-13-4-3-5-17-9-13/h3-7,9,12,14H,8,10-11H2,1-2H3. The summed E-state index contributed by atoms with van der Waals surface area (Å²) in [7, 11) is 0. The van der Waals surface area contributed by atoms with E-state index in [9.17, 15) is 4.79 Å². The lowest BCUT2D eigenvalue weighted by molar-refractivity contribution is -0.136. The lowest BCUT2D eigenvalue weighted by Crippen LogP contribution is -2.51. The monoisotopic (exact) mass is 284 g/mol. The van der Waals surface area contributed by atoms with E-state index < -0.39 is 0 Å². The van der Waals surface area contributed by atoms with Gasteiger partial charge in [-0.05, 0) is 11.6 Å². The number of carbonyl (C=O) groups is 1. The van der Waals surface area contributed by atoms with Crippen LogP contribution in [-0.2, 0) is 11.2 Å². The molecule has 5 heteroatoms. The SMILES string of the molecule is CC(C)c1nccn1C1CN(C(=O)Cc2cccnc2)C1. The Morgan fingerprint density at radius 2 is 2.19 bits per heavy atom. The molecule has 0 unspecified atom stereocenters. The molecule has 2 aromatic rings. The Balaban J connectivity index is 1.58. The maximum Gasteiger partial charge on any atom is 0.227 e. The molecular formula is C16H20N4O. The van der Waals surface area contributed by atoms with Gasteiger partial charge in [0.05, 0.1) is 12.5 Å². The van der Waals surface area contributed by atoms with E-state index in [2.05, 4.69) is 28.4 Å². The van der Waals surface area contributed by atoms with Crippen molar-refractivity contribution in [3.8, 4) is 0 Å². The molecule has 3 rings (SSSR count). The molecule has 5 nitrogen and oxygen atoms in total. The van der Waals surface area contributed by atoms with Crippen molar-refractivity contribution < 1.29 is 4.79 Å². The Morgan fingerprint density at radius 1 is 1.38 bits per heavy atom. The summed E-state index contributed by atoms with van der Waals surface area (Å²) in [5.41, 5.74) is 0.969. The zero-order valence-corrected chi connectivity index (χ0v) is 12.4. The molecule has 0 radical (unpaired) electrons. The van der Waals surface area contributed by atoms with Crippen molar-refractivity contribution in [2.75, 3.05) is 13.1 Å². The number of hydrogen-bond acceptors (Lipinski definition) is 3. The number of likely N-dealkylation sites (tertiary alicyclic amines) is 1. The highest BCUT2D eigenvalue weighted by Gasteiger charge is 2.32. The first kappa shape index (κ1) is 13.8. The van der Waals surface area contributed by atoms with Crippen LogP contribution in [0.2, 0.25) is 0 Å². The van der Waals surface area contributed by atoms with Gasteiger partial charge in [0.1, 0.15) is 5.82 Å². The van der Waals surface area contributed by atoms with Crippen LogP contribution in [-0.4, -0.2) is 38.4 Å². The summed E-state index contributed by atoms with van der Waals surface area (Å²) >= 11 is 0. The summed E-state index contributed by atoms with van der Waals surface area (Å²) in [6, 6.07) is 4.17. The lowest BCUT2D eigenvalue weighted by Gasteiger charge is -2.40. The molecule has 1 fully saturated rings. The minimum Gasteiger partial charge on any atom is -0.338 e. The van der Waals surface area contributed by atoms with Crippen molar-refractivity contribution in [2.24, 2.45) is 0 Å². The summed E-state index contributed by atoms with van der Waals surface area (Å²) < 4.78 is 2.21. The molecule has 1 aliphatic heterocycles. The van der Waals surface area contributed by atoms with E-state index in [1.807, 2.05) is 29.4 Å². The topological polar surface area (TPSA) is 51.0 Å². The smallest absolute Gasteiger partial charge is 0.227 e. The van der Waals surface area contributed by atoms with Gasteiger partial charge in [-0.25, -0.2) is 4.98 Å². The molecule has 0 aliphatic carbocycles. The van der Waals surface area contributed by atoms with Gasteiger partial charge in [-0.2, -0.15) is 0 Å². The van der Waals surface area contributed by atoms with Crippen LogP contribution in [0.1, 0.15) is 37.2 Å². The highest BCUT2D eigenvalue weighted by atomic mass is 16.2. The van der Waals surface area contributed by atoms with Crippen molar-refractivity contribution in [2.45, 2.75) is 32.2 Å². The van der Waals surface area contributed by atoms with Crippen LogP contribution in [0, 0.1) is 0 Å². The Hall–Kier alpha value is -2.17. The minimum atomic E-state index is 0.172. The van der Waals surface area contributed by atoms with Gasteiger partial charge in [0.2, 0.25) is 5.91 Å². The van der Waals surface area contributed by atoms with Gasteiger partial charge in [0.15, 0.2) is 0 Å². The molecule has 3 heterocycles. The highest BCUT2D eigenvalue weighted by Crippen LogP contribution is 2.25. The molecular weight excluding hydrogens is 264 g/mol. The first-order valence-electron chi connectivity index (χ1n) is 7.34. The fraction of sp³-hybridized carbons (Fsp3) is 0.438. The number of pyridine rings is 1. The lowest BCUT2D eigenvalue weighted by atomic mass is 10.1. The molecule has 0 atom stereocenters. The van der Waals surface area contributed by atoms with E-state index in [-0.39, 0.29) is 5.91 Å². The Kier molecular flexibility index (Phi) is 3.73. The van der Waals surface area contributed by atoms with E-state index in [1.165, 1.54) is 0 Å². The number of aromatic nitrogens is 3. The molecule has 0 bridgehead atoms. The molecule has 1 amide bonds. The highest BCUT2D eigenvalue weighted by molar-refractivity contribution is 5.79. The van der Waals surface area contributed by atoms with Gasteiger partial charge in [-0.15, -0.1) is 0 Å². The second-order valence-electron chi connectivity index (χ2n) is 5.84. The zero-order chi connectivity index (χ0) is 14.8. The predicted molar refractivity (Wildman–Crippen MR) is 79.9 cm³/mol. The van der Waals surface area contributed by atoms with Crippen LogP contribution in [0.3, 0.4) is 0 Å². The van der Waals surface area contributed by atoms with Gasteiger partial charge in [0.25, 0.3) is 0 Å². The van der Waals surface area contributed by atoms with Gasteiger partial charge >= 0.3 is 0 Å². The molecule has 1 aliphatic rings. The molecule has 0 spiro atoms. The number of carbonyl (C=O) groups excluding carboxylic acids is 1. The summed E-state index contributed by atoms with van der Waals surface area (Å²) in [6.07, 6.45) is 7.77. The molecule has 1 saturated heterocycles. The third-order valence-corrected chi connectivity index (χ3v) is 3.90. The van der Waals surface area contributed by atoms with Gasteiger partial charge in [-0.1, -0.05) is 19.9 Å². The van der Waals surface area contributed by atoms with Crippen LogP contribution >= 0.6 is 0 Å². The van der Waals surface area contributed by atoms with Gasteiger partial charge in [0, 0.05) is 43.8 Å². The van der Waals surface area contributed by atoms with Crippen LogP contribution in [0.25, 0.3) is 0 Å². The van der Waals surface area contributed by atoms with Crippen molar-refractivity contribution in [1.29, 1.82) is 0 Å². The fourth-order valence-corrected chi connectivity index (χ4v) is 2.70. The van der Waals surface area contributed by atoms with Gasteiger partial charge < -0.3 is 9.47 Å². The maximum absolute atomic E-state index is 12.2. The minimum absolute atomic E-state index is 0.172. The Labute approximate surface area is 124 Å². The zero-order valence-electron chi connectivity index (χ0n) is 12.4. The van der Waals surface area contributed by atoms with E-state index in [1.54, 1.807) is 12.4 Å². The van der Waals surface area contributed by atoms with Gasteiger partial charge in [-0.3, -0.25) is 9.78 Å². The number of rotatable bonds is 4. The molecule has 2 aromatic heterocycles. The summed E-state index contributed by atoms with van der Waals surface area (Å²) in [4.78, 5) is 22.6. The second kappa shape index (κ2) is 5.68. The van der Waals surface area contributed by atoms with E-state index in [4.69, 9.17) is 0 Å². The molecule has 21 heavy (non-hydrogen) atoms. The van der Waals surface area contributed by atoms with Crippen LogP contribution in [0.4, 0.5) is 0 Å². The van der Waals surface area contributed by atoms with Crippen LogP contribution < -0.4 is 0 Å². The second-order valence-corrected chi connectivity index (χ2v) is 5.84. The van der Waals surface area contributed by atoms with Crippen molar-refractivity contribution in [3.05, 3.63) is 48.3 Å². The normalized spacial score (nSPS) is 15.3. The molecule has 0 saturated carbocycles. The molecule has 0 N–H and O–H groups in total. The number of imidazole rings is 1. The van der Waals surface area contributed by atoms with E-state index in [0.29, 0.717) is 18.4 Å². The van der Waals surface area contributed by atoms with Crippen LogP contribution in [0.5, 0.6) is 0 Å². The summed E-state index contributed by atoms with van der Waals surface area (Å²) in [6.45, 7) is 5.83. The summed E-state index contributed by atoms with van der Waals surface area (Å²) in [5, 5.41) is 0. The first-order valence-corrected chi connectivity index (χ1v) is 7.34. The molecule has 0 aromatic carbocycles. The number of amides is 1. The van der Waals surface area contributed by atoms with E-state index >= 15 is 0 Å². The average molecular weight is 284 g/mol. The molecule has 110 valence electrons. The first-order chi connectivity index (χ1) is 10.1. The third-order valence-electron chi connectivity index (χ3n) is 3.90.